The molecule has 1 aliphatic carbocycles. The van der Waals surface area contributed by atoms with Crippen LogP contribution < -0.4 is 10.6 Å². The molecule has 1 fully saturated rings. The Kier molecular flexibility index (Phi) is 5.93. The first kappa shape index (κ1) is 19.9. The summed E-state index contributed by atoms with van der Waals surface area (Å²) < 4.78 is 1.83. The minimum Gasteiger partial charge on any atom is -0.350 e. The Balaban J connectivity index is 1.31. The van der Waals surface area contributed by atoms with Crippen LogP contribution in [0.15, 0.2) is 67.1 Å². The largest absolute Gasteiger partial charge is 0.350 e. The monoisotopic (exact) mass is 402 g/mol. The molecule has 0 spiro atoms. The third-order valence-corrected chi connectivity index (χ3v) is 5.30. The van der Waals surface area contributed by atoms with Gasteiger partial charge in [0.2, 0.25) is 5.91 Å². The number of hydrogen-bond acceptors (Lipinski definition) is 3. The van der Waals surface area contributed by atoms with Crippen molar-refractivity contribution in [3.63, 3.8) is 0 Å². The summed E-state index contributed by atoms with van der Waals surface area (Å²) in [5.74, 6) is 0.641. The van der Waals surface area contributed by atoms with E-state index in [1.807, 2.05) is 41.8 Å². The quantitative estimate of drug-likeness (QED) is 0.599. The highest BCUT2D eigenvalue weighted by Gasteiger charge is 2.29. The van der Waals surface area contributed by atoms with Crippen molar-refractivity contribution in [2.45, 2.75) is 38.6 Å². The van der Waals surface area contributed by atoms with E-state index in [4.69, 9.17) is 0 Å². The van der Waals surface area contributed by atoms with E-state index in [9.17, 15) is 9.59 Å². The molecule has 1 saturated carbocycles. The van der Waals surface area contributed by atoms with Crippen molar-refractivity contribution in [1.82, 2.24) is 14.9 Å². The molecule has 3 aromatic rings. The van der Waals surface area contributed by atoms with Gasteiger partial charge in [-0.3, -0.25) is 9.59 Å². The summed E-state index contributed by atoms with van der Waals surface area (Å²) in [5, 5.41) is 5.90. The van der Waals surface area contributed by atoms with Crippen LogP contribution in [0.5, 0.6) is 0 Å². The zero-order valence-corrected chi connectivity index (χ0v) is 17.0. The van der Waals surface area contributed by atoms with E-state index in [2.05, 4.69) is 27.8 Å². The molecule has 154 valence electrons. The van der Waals surface area contributed by atoms with Gasteiger partial charge in [-0.1, -0.05) is 30.3 Å². The van der Waals surface area contributed by atoms with Crippen LogP contribution in [-0.4, -0.2) is 27.4 Å². The molecule has 30 heavy (non-hydrogen) atoms. The maximum atomic E-state index is 12.5. The van der Waals surface area contributed by atoms with Crippen LogP contribution in [0.1, 0.15) is 42.1 Å². The van der Waals surface area contributed by atoms with Crippen LogP contribution in [-0.2, 0) is 11.2 Å². The molecular formula is C24H26N4O2. The van der Waals surface area contributed by atoms with Crippen LogP contribution in [0.3, 0.4) is 0 Å². The van der Waals surface area contributed by atoms with Gasteiger partial charge in [0, 0.05) is 23.2 Å². The van der Waals surface area contributed by atoms with Gasteiger partial charge in [-0.05, 0) is 62.4 Å². The lowest BCUT2D eigenvalue weighted by Gasteiger charge is -2.14. The van der Waals surface area contributed by atoms with Gasteiger partial charge in [0.15, 0.2) is 5.82 Å². The lowest BCUT2D eigenvalue weighted by Crippen LogP contribution is -2.32. The molecular weight excluding hydrogens is 376 g/mol. The Bertz CT molecular complexity index is 1010. The second-order valence-corrected chi connectivity index (χ2v) is 7.88. The van der Waals surface area contributed by atoms with E-state index in [0.29, 0.717) is 11.4 Å². The molecule has 0 radical (unpaired) electrons. The zero-order chi connectivity index (χ0) is 20.9. The van der Waals surface area contributed by atoms with Gasteiger partial charge in [-0.15, -0.1) is 0 Å². The fourth-order valence-corrected chi connectivity index (χ4v) is 3.29. The summed E-state index contributed by atoms with van der Waals surface area (Å²) in [6.07, 6.45) is 7.17. The Morgan fingerprint density at radius 2 is 1.83 bits per heavy atom. The van der Waals surface area contributed by atoms with Gasteiger partial charge >= 0.3 is 0 Å². The van der Waals surface area contributed by atoms with Crippen LogP contribution in [0, 0.1) is 5.92 Å². The molecule has 0 saturated heterocycles. The zero-order valence-electron chi connectivity index (χ0n) is 17.0. The molecule has 6 nitrogen and oxygen atoms in total. The van der Waals surface area contributed by atoms with Crippen LogP contribution >= 0.6 is 0 Å². The van der Waals surface area contributed by atoms with E-state index >= 15 is 0 Å². The number of anilines is 1. The maximum Gasteiger partial charge on any atom is 0.251 e. The highest BCUT2D eigenvalue weighted by atomic mass is 16.2. The number of nitrogens with one attached hydrogen (secondary N) is 2. The number of aryl methyl sites for hydroxylation is 1. The van der Waals surface area contributed by atoms with Crippen LogP contribution in [0.4, 0.5) is 5.82 Å². The van der Waals surface area contributed by atoms with Gasteiger partial charge in [0.05, 0.1) is 6.20 Å². The summed E-state index contributed by atoms with van der Waals surface area (Å²) >= 11 is 0. The molecule has 4 rings (SSSR count). The number of rotatable bonds is 8. The minimum absolute atomic E-state index is 0.0358. The third kappa shape index (κ3) is 5.14. The average Bonchev–Trinajstić information content (AvgIpc) is 3.52. The van der Waals surface area contributed by atoms with E-state index in [1.54, 1.807) is 24.7 Å². The fraction of sp³-hybridized carbons (Fsp3) is 0.292. The second kappa shape index (κ2) is 8.95. The van der Waals surface area contributed by atoms with Gasteiger partial charge < -0.3 is 15.2 Å². The Morgan fingerprint density at radius 1 is 1.10 bits per heavy atom. The Labute approximate surface area is 176 Å². The number of nitrogens with zero attached hydrogens (tertiary/aromatic N) is 2. The van der Waals surface area contributed by atoms with Crippen molar-refractivity contribution < 1.29 is 9.59 Å². The van der Waals surface area contributed by atoms with Gasteiger partial charge in [0.25, 0.3) is 5.91 Å². The predicted octanol–water partition coefficient (Wildman–Crippen LogP) is 3.97. The van der Waals surface area contributed by atoms with Gasteiger partial charge in [-0.25, -0.2) is 4.98 Å². The number of aromatic nitrogens is 2. The number of carbonyl (C=O) groups is 2. The summed E-state index contributed by atoms with van der Waals surface area (Å²) in [7, 11) is 0. The molecule has 6 heteroatoms. The van der Waals surface area contributed by atoms with Crippen LogP contribution in [0.25, 0.3) is 5.69 Å². The summed E-state index contributed by atoms with van der Waals surface area (Å²) in [5.41, 5.74) is 2.77. The van der Waals surface area contributed by atoms with Gasteiger partial charge in [0.1, 0.15) is 6.33 Å². The summed E-state index contributed by atoms with van der Waals surface area (Å²) in [6, 6.07) is 17.7. The molecule has 1 atom stereocenters. The molecule has 1 aromatic heterocycles. The smallest absolute Gasteiger partial charge is 0.251 e. The lowest BCUT2D eigenvalue weighted by atomic mass is 10.1. The molecule has 0 unspecified atom stereocenters. The first-order valence-corrected chi connectivity index (χ1v) is 10.4. The van der Waals surface area contributed by atoms with Crippen molar-refractivity contribution in [2.75, 3.05) is 5.32 Å². The molecule has 2 amide bonds. The Hall–Kier alpha value is -3.41. The number of amides is 2. The lowest BCUT2D eigenvalue weighted by molar-refractivity contribution is -0.117. The number of carbonyl (C=O) groups excluding carboxylic acids is 2. The Morgan fingerprint density at radius 3 is 2.53 bits per heavy atom. The molecule has 2 N–H and O–H groups in total. The van der Waals surface area contributed by atoms with E-state index in [1.165, 1.54) is 5.56 Å². The third-order valence-electron chi connectivity index (χ3n) is 5.30. The molecule has 0 aliphatic heterocycles. The topological polar surface area (TPSA) is 76.0 Å². The molecule has 0 bridgehead atoms. The predicted molar refractivity (Wildman–Crippen MR) is 117 cm³/mol. The maximum absolute atomic E-state index is 12.5. The first-order valence-electron chi connectivity index (χ1n) is 10.4. The average molecular weight is 402 g/mol. The van der Waals surface area contributed by atoms with E-state index in [0.717, 1.165) is 31.4 Å². The van der Waals surface area contributed by atoms with Gasteiger partial charge in [-0.2, -0.15) is 0 Å². The molecule has 1 heterocycles. The van der Waals surface area contributed by atoms with E-state index < -0.39 is 0 Å². The van der Waals surface area contributed by atoms with E-state index in [-0.39, 0.29) is 23.8 Å². The summed E-state index contributed by atoms with van der Waals surface area (Å²) in [6.45, 7) is 2.03. The van der Waals surface area contributed by atoms with Crippen molar-refractivity contribution in [3.8, 4) is 5.69 Å². The number of benzene rings is 2. The second-order valence-electron chi connectivity index (χ2n) is 7.88. The summed E-state index contributed by atoms with van der Waals surface area (Å²) in [4.78, 5) is 28.6. The number of imidazole rings is 1. The van der Waals surface area contributed by atoms with Crippen molar-refractivity contribution in [3.05, 3.63) is 78.2 Å². The van der Waals surface area contributed by atoms with Crippen molar-refractivity contribution >= 4 is 17.6 Å². The van der Waals surface area contributed by atoms with Crippen molar-refractivity contribution in [1.29, 1.82) is 0 Å². The molecule has 1 aliphatic rings. The SMILES string of the molecule is C[C@@H](CCc1ccccc1)NC(=O)c1ccc(-n2cnc(NC(=O)C3CC3)c2)cc1. The first-order chi connectivity index (χ1) is 14.6. The normalized spacial score (nSPS) is 14.2. The number of hydrogen-bond donors (Lipinski definition) is 2. The standard InChI is InChI=1S/C24H26N4O2/c1-17(7-8-18-5-3-2-4-6-18)26-23(29)20-11-13-21(14-12-20)28-15-22(25-16-28)27-24(30)19-9-10-19/h2-6,11-17,19H,7-10H2,1H3,(H,26,29)(H,27,30)/t17-/m0/s1. The van der Waals surface area contributed by atoms with Crippen LogP contribution in [0.2, 0.25) is 0 Å². The van der Waals surface area contributed by atoms with Crippen molar-refractivity contribution in [2.24, 2.45) is 5.92 Å². The highest BCUT2D eigenvalue weighted by molar-refractivity contribution is 5.94. The minimum atomic E-state index is -0.0786. The fourth-order valence-electron chi connectivity index (χ4n) is 3.29. The molecule has 2 aromatic carbocycles. The highest BCUT2D eigenvalue weighted by Crippen LogP contribution is 2.30.